The van der Waals surface area contributed by atoms with Gasteiger partial charge in [0.15, 0.2) is 0 Å². The fourth-order valence-corrected chi connectivity index (χ4v) is 6.01. The van der Waals surface area contributed by atoms with Crippen LogP contribution in [0.15, 0.2) is 59.8 Å². The van der Waals surface area contributed by atoms with E-state index in [4.69, 9.17) is 27.9 Å². The molecule has 2 aliphatic rings. The van der Waals surface area contributed by atoms with E-state index in [0.717, 1.165) is 18.9 Å². The number of aromatic nitrogens is 3. The number of carboxylic acids is 1. The minimum atomic E-state index is -1.36. The summed E-state index contributed by atoms with van der Waals surface area (Å²) in [6, 6.07) is 10.2. The van der Waals surface area contributed by atoms with E-state index in [1.54, 1.807) is 40.1 Å². The van der Waals surface area contributed by atoms with E-state index in [1.165, 1.54) is 12.3 Å². The van der Waals surface area contributed by atoms with Gasteiger partial charge in [-0.25, -0.2) is 19.2 Å². The van der Waals surface area contributed by atoms with Crippen molar-refractivity contribution in [3.8, 4) is 11.6 Å². The molecule has 13 heteroatoms. The Labute approximate surface area is 256 Å². The average Bonchev–Trinajstić information content (AvgIpc) is 3.32. The molecule has 5 heterocycles. The van der Waals surface area contributed by atoms with Gasteiger partial charge in [0, 0.05) is 49.9 Å². The van der Waals surface area contributed by atoms with Crippen LogP contribution in [0.3, 0.4) is 0 Å². The van der Waals surface area contributed by atoms with E-state index in [9.17, 15) is 19.1 Å². The lowest BCUT2D eigenvalue weighted by Gasteiger charge is -2.43. The molecule has 3 aromatic heterocycles. The molecule has 0 aliphatic carbocycles. The number of fused-ring (bicyclic) bond motifs is 1. The zero-order chi connectivity index (χ0) is 30.4. The molecule has 2 atom stereocenters. The lowest BCUT2D eigenvalue weighted by Crippen LogP contribution is -2.57. The summed E-state index contributed by atoms with van der Waals surface area (Å²) in [5.41, 5.74) is 0.396. The van der Waals surface area contributed by atoms with Crippen LogP contribution in [0.5, 0.6) is 5.88 Å². The molecule has 0 unspecified atom stereocenters. The molecule has 0 bridgehead atoms. The number of hydrogen-bond acceptors (Lipinski definition) is 8. The topological polar surface area (TPSA) is 104 Å². The molecule has 43 heavy (non-hydrogen) atoms. The van der Waals surface area contributed by atoms with Gasteiger partial charge in [-0.15, -0.1) is 0 Å². The van der Waals surface area contributed by atoms with Crippen LogP contribution in [-0.2, 0) is 0 Å². The number of pyridine rings is 3. The number of likely N-dealkylation sites (N-methyl/N-ethyl adjacent to an activating group) is 1. The number of halogens is 3. The second-order valence-electron chi connectivity index (χ2n) is 11.0. The van der Waals surface area contributed by atoms with Gasteiger partial charge in [0.25, 0.3) is 0 Å². The number of anilines is 2. The van der Waals surface area contributed by atoms with Crippen molar-refractivity contribution >= 4 is 51.6 Å². The molecule has 0 radical (unpaired) electrons. The van der Waals surface area contributed by atoms with Crippen molar-refractivity contribution in [3.05, 3.63) is 80.8 Å². The molecule has 224 valence electrons. The first kappa shape index (κ1) is 29.2. The summed E-state index contributed by atoms with van der Waals surface area (Å²) in [6.07, 6.45) is 3.55. The third-order valence-electron chi connectivity index (χ3n) is 8.04. The van der Waals surface area contributed by atoms with Crippen LogP contribution in [0, 0.1) is 0 Å². The molecule has 1 aromatic carbocycles. The highest BCUT2D eigenvalue weighted by Crippen LogP contribution is 2.37. The SMILES string of the molecule is CN(C)C1CN(c2ccc(-n3cc(C(=O)O)c(=O)c4cc(Cl)c(N5C[C@@H](F)C[C@@H]5COc5ncccc5Cl)cc43)cn2)C1. The number of aromatic carboxylic acids is 1. The largest absolute Gasteiger partial charge is 0.477 e. The van der Waals surface area contributed by atoms with Crippen LogP contribution >= 0.6 is 23.2 Å². The first-order valence-corrected chi connectivity index (χ1v) is 14.5. The quantitative estimate of drug-likeness (QED) is 0.302. The highest BCUT2D eigenvalue weighted by Gasteiger charge is 2.35. The van der Waals surface area contributed by atoms with Gasteiger partial charge < -0.3 is 29.1 Å². The van der Waals surface area contributed by atoms with Crippen molar-refractivity contribution in [2.24, 2.45) is 0 Å². The first-order chi connectivity index (χ1) is 20.6. The van der Waals surface area contributed by atoms with Crippen molar-refractivity contribution in [2.75, 3.05) is 50.1 Å². The zero-order valence-electron chi connectivity index (χ0n) is 23.5. The molecule has 0 saturated carbocycles. The summed E-state index contributed by atoms with van der Waals surface area (Å²) in [4.78, 5) is 40.1. The number of carboxylic acid groups (broad SMARTS) is 1. The summed E-state index contributed by atoms with van der Waals surface area (Å²) >= 11 is 12.9. The maximum absolute atomic E-state index is 14.8. The molecule has 2 aliphatic heterocycles. The molecule has 6 rings (SSSR count). The van der Waals surface area contributed by atoms with Gasteiger partial charge in [-0.2, -0.15) is 0 Å². The first-order valence-electron chi connectivity index (χ1n) is 13.7. The highest BCUT2D eigenvalue weighted by molar-refractivity contribution is 6.34. The third kappa shape index (κ3) is 5.60. The second kappa shape index (κ2) is 11.6. The monoisotopic (exact) mass is 626 g/mol. The van der Waals surface area contributed by atoms with Crippen molar-refractivity contribution in [3.63, 3.8) is 0 Å². The fourth-order valence-electron chi connectivity index (χ4n) is 5.56. The maximum atomic E-state index is 14.8. The lowest BCUT2D eigenvalue weighted by molar-refractivity contribution is 0.0695. The van der Waals surface area contributed by atoms with Crippen molar-refractivity contribution in [1.82, 2.24) is 19.4 Å². The summed E-state index contributed by atoms with van der Waals surface area (Å²) in [7, 11) is 4.09. The number of carbonyl (C=O) groups is 1. The minimum Gasteiger partial charge on any atom is -0.477 e. The maximum Gasteiger partial charge on any atom is 0.341 e. The molecule has 0 amide bonds. The minimum absolute atomic E-state index is 0.0622. The fraction of sp³-hybridized carbons (Fsp3) is 0.333. The van der Waals surface area contributed by atoms with Gasteiger partial charge in [0.1, 0.15) is 29.2 Å². The van der Waals surface area contributed by atoms with Crippen LogP contribution in [0.25, 0.3) is 16.6 Å². The standard InChI is InChI=1S/C30H29Cl2FN6O4/c1-36(2)20-13-37(14-20)27-6-5-18(11-35-27)39-15-22(30(41)42)28(40)21-9-24(32)26(10-25(21)39)38-12-17(33)8-19(38)16-43-29-23(31)4-3-7-34-29/h3-7,9-11,15,17,19-20H,8,12-14,16H2,1-2H3,(H,41,42)/t17-,19+/m0/s1. The van der Waals surface area contributed by atoms with Gasteiger partial charge in [0.05, 0.1) is 34.2 Å². The smallest absolute Gasteiger partial charge is 0.341 e. The number of nitrogens with zero attached hydrogens (tertiary/aromatic N) is 6. The predicted molar refractivity (Wildman–Crippen MR) is 164 cm³/mol. The molecule has 2 saturated heterocycles. The van der Waals surface area contributed by atoms with Gasteiger partial charge in [0.2, 0.25) is 11.3 Å². The Hall–Kier alpha value is -3.93. The molecular weight excluding hydrogens is 598 g/mol. The second-order valence-corrected chi connectivity index (χ2v) is 11.8. The summed E-state index contributed by atoms with van der Waals surface area (Å²) in [5, 5.41) is 10.5. The summed E-state index contributed by atoms with van der Waals surface area (Å²) < 4.78 is 22.2. The Morgan fingerprint density at radius 2 is 1.93 bits per heavy atom. The number of hydrogen-bond donors (Lipinski definition) is 1. The Morgan fingerprint density at radius 1 is 1.14 bits per heavy atom. The Morgan fingerprint density at radius 3 is 2.60 bits per heavy atom. The molecule has 0 spiro atoms. The van der Waals surface area contributed by atoms with Gasteiger partial charge in [-0.3, -0.25) is 4.79 Å². The highest BCUT2D eigenvalue weighted by atomic mass is 35.5. The molecule has 4 aromatic rings. The van der Waals surface area contributed by atoms with Crippen LogP contribution in [-0.4, -0.2) is 89.1 Å². The number of benzene rings is 1. The molecule has 1 N–H and O–H groups in total. The van der Waals surface area contributed by atoms with E-state index in [1.807, 2.05) is 26.2 Å². The number of ether oxygens (including phenoxy) is 1. The van der Waals surface area contributed by atoms with Crippen molar-refractivity contribution in [2.45, 2.75) is 24.7 Å². The van der Waals surface area contributed by atoms with E-state index in [-0.39, 0.29) is 35.9 Å². The van der Waals surface area contributed by atoms with Crippen LogP contribution < -0.4 is 20.0 Å². The lowest BCUT2D eigenvalue weighted by atomic mass is 10.1. The van der Waals surface area contributed by atoms with Crippen LogP contribution in [0.1, 0.15) is 16.8 Å². The van der Waals surface area contributed by atoms with Crippen LogP contribution in [0.2, 0.25) is 10.0 Å². The molecule has 10 nitrogen and oxygen atoms in total. The van der Waals surface area contributed by atoms with Gasteiger partial charge in [-0.05, 0) is 50.5 Å². The predicted octanol–water partition coefficient (Wildman–Crippen LogP) is 4.53. The normalized spacial score (nSPS) is 18.8. The Balaban J connectivity index is 1.38. The summed E-state index contributed by atoms with van der Waals surface area (Å²) in [6.45, 7) is 1.88. The average molecular weight is 628 g/mol. The van der Waals surface area contributed by atoms with Crippen LogP contribution in [0.4, 0.5) is 15.9 Å². The Bertz CT molecular complexity index is 1750. The van der Waals surface area contributed by atoms with E-state index >= 15 is 0 Å². The van der Waals surface area contributed by atoms with Gasteiger partial charge >= 0.3 is 5.97 Å². The third-order valence-corrected chi connectivity index (χ3v) is 8.63. The van der Waals surface area contributed by atoms with Crippen molar-refractivity contribution in [1.29, 1.82) is 0 Å². The molecule has 2 fully saturated rings. The van der Waals surface area contributed by atoms with E-state index in [2.05, 4.69) is 19.8 Å². The van der Waals surface area contributed by atoms with E-state index in [0.29, 0.717) is 28.0 Å². The van der Waals surface area contributed by atoms with Gasteiger partial charge in [-0.1, -0.05) is 23.2 Å². The van der Waals surface area contributed by atoms with Crippen molar-refractivity contribution < 1.29 is 19.0 Å². The zero-order valence-corrected chi connectivity index (χ0v) is 25.0. The van der Waals surface area contributed by atoms with E-state index < -0.39 is 29.2 Å². The Kier molecular flexibility index (Phi) is 7.89. The summed E-state index contributed by atoms with van der Waals surface area (Å²) in [5.74, 6) is -0.306. The number of rotatable bonds is 8. The number of alkyl halides is 1. The molecular formula is C30H29Cl2FN6O4.